The number of imidazole rings is 1. The molecule has 0 atom stereocenters. The quantitative estimate of drug-likeness (QED) is 0.575. The molecular formula is C14H8N2O2S. The Morgan fingerprint density at radius 1 is 1.21 bits per heavy atom. The van der Waals surface area contributed by atoms with Gasteiger partial charge in [-0.05, 0) is 11.5 Å². The molecule has 0 aliphatic rings. The normalized spacial score (nSPS) is 11.6. The van der Waals surface area contributed by atoms with E-state index in [2.05, 4.69) is 17.1 Å². The Morgan fingerprint density at radius 3 is 2.89 bits per heavy atom. The Kier molecular flexibility index (Phi) is 1.97. The number of nitrogens with zero attached hydrogens (tertiary/aromatic N) is 2. The Hall–Kier alpha value is -2.40. The summed E-state index contributed by atoms with van der Waals surface area (Å²) < 4.78 is 2.98. The standard InChI is InChI=1S/C14H8N2O2S/c17-13(18)10-7-16-11-6-5-8-3-1-2-4-9(8)12(11)19-14(16)15-10/h1-7H,(H,17,18). The van der Waals surface area contributed by atoms with Gasteiger partial charge in [-0.25, -0.2) is 9.78 Å². The van der Waals surface area contributed by atoms with Gasteiger partial charge in [0.1, 0.15) is 0 Å². The zero-order valence-corrected chi connectivity index (χ0v) is 10.5. The van der Waals surface area contributed by atoms with Crippen molar-refractivity contribution in [3.8, 4) is 0 Å². The number of fused-ring (bicyclic) bond motifs is 5. The first kappa shape index (κ1) is 10.5. The van der Waals surface area contributed by atoms with Crippen molar-refractivity contribution in [1.82, 2.24) is 9.38 Å². The Bertz CT molecular complexity index is 952. The molecule has 5 heteroatoms. The number of carboxylic acid groups (broad SMARTS) is 1. The lowest BCUT2D eigenvalue weighted by Gasteiger charge is -1.98. The molecule has 2 aromatic heterocycles. The van der Waals surface area contributed by atoms with E-state index < -0.39 is 5.97 Å². The third kappa shape index (κ3) is 1.39. The summed E-state index contributed by atoms with van der Waals surface area (Å²) in [6.07, 6.45) is 1.57. The van der Waals surface area contributed by atoms with Crippen molar-refractivity contribution in [1.29, 1.82) is 0 Å². The van der Waals surface area contributed by atoms with Crippen LogP contribution in [0.15, 0.2) is 42.6 Å². The monoisotopic (exact) mass is 268 g/mol. The van der Waals surface area contributed by atoms with Gasteiger partial charge in [-0.1, -0.05) is 41.7 Å². The molecular weight excluding hydrogens is 260 g/mol. The lowest BCUT2D eigenvalue weighted by molar-refractivity contribution is 0.0691. The van der Waals surface area contributed by atoms with Gasteiger partial charge < -0.3 is 5.11 Å². The number of aromatic nitrogens is 2. The minimum absolute atomic E-state index is 0.0845. The van der Waals surface area contributed by atoms with Crippen LogP contribution in [0.3, 0.4) is 0 Å². The molecule has 0 amide bonds. The number of benzene rings is 2. The van der Waals surface area contributed by atoms with Crippen LogP contribution in [0.1, 0.15) is 10.5 Å². The minimum Gasteiger partial charge on any atom is -0.476 e. The zero-order valence-electron chi connectivity index (χ0n) is 9.70. The van der Waals surface area contributed by atoms with Crippen LogP contribution in [0, 0.1) is 0 Å². The summed E-state index contributed by atoms with van der Waals surface area (Å²) >= 11 is 1.52. The molecule has 0 aliphatic heterocycles. The summed E-state index contributed by atoms with van der Waals surface area (Å²) in [5.74, 6) is -0.996. The number of carboxylic acids is 1. The van der Waals surface area contributed by atoms with E-state index in [1.165, 1.54) is 22.1 Å². The highest BCUT2D eigenvalue weighted by molar-refractivity contribution is 7.24. The van der Waals surface area contributed by atoms with E-state index in [0.717, 1.165) is 10.2 Å². The van der Waals surface area contributed by atoms with E-state index in [9.17, 15) is 4.79 Å². The van der Waals surface area contributed by atoms with Crippen molar-refractivity contribution in [2.24, 2.45) is 0 Å². The second-order valence-electron chi connectivity index (χ2n) is 4.32. The maximum absolute atomic E-state index is 10.9. The maximum Gasteiger partial charge on any atom is 0.356 e. The SMILES string of the molecule is O=C(O)c1cn2c(n1)sc1c3ccccc3ccc12. The van der Waals surface area contributed by atoms with Crippen LogP contribution >= 0.6 is 11.3 Å². The lowest BCUT2D eigenvalue weighted by atomic mass is 10.1. The number of hydrogen-bond donors (Lipinski definition) is 1. The van der Waals surface area contributed by atoms with Gasteiger partial charge in [-0.3, -0.25) is 4.40 Å². The third-order valence-corrected chi connectivity index (χ3v) is 4.31. The van der Waals surface area contributed by atoms with Crippen molar-refractivity contribution in [3.05, 3.63) is 48.3 Å². The topological polar surface area (TPSA) is 54.6 Å². The van der Waals surface area contributed by atoms with Crippen LogP contribution in [-0.4, -0.2) is 20.5 Å². The van der Waals surface area contributed by atoms with Crippen LogP contribution in [0.2, 0.25) is 0 Å². The first-order chi connectivity index (χ1) is 9.24. The largest absolute Gasteiger partial charge is 0.476 e. The molecule has 0 saturated carbocycles. The molecule has 0 fully saturated rings. The molecule has 4 rings (SSSR count). The summed E-state index contributed by atoms with van der Waals surface area (Å²) in [5, 5.41) is 11.3. The molecule has 4 aromatic rings. The number of aromatic carboxylic acids is 1. The summed E-state index contributed by atoms with van der Waals surface area (Å²) in [6, 6.07) is 12.2. The first-order valence-corrected chi connectivity index (χ1v) is 6.58. The first-order valence-electron chi connectivity index (χ1n) is 5.77. The van der Waals surface area contributed by atoms with Gasteiger partial charge in [0.05, 0.1) is 10.2 Å². The van der Waals surface area contributed by atoms with Crippen LogP contribution in [0.25, 0.3) is 25.9 Å². The highest BCUT2D eigenvalue weighted by Gasteiger charge is 2.14. The summed E-state index contributed by atoms with van der Waals surface area (Å²) in [7, 11) is 0. The molecule has 0 saturated heterocycles. The molecule has 92 valence electrons. The maximum atomic E-state index is 10.9. The van der Waals surface area contributed by atoms with Crippen LogP contribution in [0.5, 0.6) is 0 Å². The van der Waals surface area contributed by atoms with Gasteiger partial charge in [-0.2, -0.15) is 0 Å². The van der Waals surface area contributed by atoms with E-state index in [4.69, 9.17) is 5.11 Å². The van der Waals surface area contributed by atoms with Gasteiger partial charge in [0, 0.05) is 11.6 Å². The summed E-state index contributed by atoms with van der Waals surface area (Å²) in [4.78, 5) is 15.8. The number of hydrogen-bond acceptors (Lipinski definition) is 3. The summed E-state index contributed by atoms with van der Waals surface area (Å²) in [5.41, 5.74) is 1.08. The predicted octanol–water partition coefficient (Wildman–Crippen LogP) is 3.40. The molecule has 2 heterocycles. The van der Waals surface area contributed by atoms with Gasteiger partial charge in [0.2, 0.25) is 0 Å². The molecule has 0 spiro atoms. The van der Waals surface area contributed by atoms with Gasteiger partial charge in [0.25, 0.3) is 0 Å². The van der Waals surface area contributed by atoms with Gasteiger partial charge >= 0.3 is 5.97 Å². The molecule has 0 radical (unpaired) electrons. The second-order valence-corrected chi connectivity index (χ2v) is 5.30. The van der Waals surface area contributed by atoms with E-state index >= 15 is 0 Å². The van der Waals surface area contributed by atoms with Gasteiger partial charge in [0.15, 0.2) is 10.7 Å². The molecule has 0 bridgehead atoms. The van der Waals surface area contributed by atoms with Crippen molar-refractivity contribution in [2.45, 2.75) is 0 Å². The van der Waals surface area contributed by atoms with Crippen molar-refractivity contribution in [2.75, 3.05) is 0 Å². The molecule has 0 unspecified atom stereocenters. The van der Waals surface area contributed by atoms with Gasteiger partial charge in [-0.15, -0.1) is 0 Å². The van der Waals surface area contributed by atoms with E-state index in [-0.39, 0.29) is 5.69 Å². The van der Waals surface area contributed by atoms with Crippen molar-refractivity contribution < 1.29 is 9.90 Å². The average Bonchev–Trinajstić information content (AvgIpc) is 2.96. The van der Waals surface area contributed by atoms with Crippen LogP contribution in [0.4, 0.5) is 0 Å². The second kappa shape index (κ2) is 3.55. The molecule has 4 nitrogen and oxygen atoms in total. The highest BCUT2D eigenvalue weighted by atomic mass is 32.1. The number of thiazole rings is 1. The number of rotatable bonds is 1. The fourth-order valence-electron chi connectivity index (χ4n) is 2.33. The van der Waals surface area contributed by atoms with E-state index in [0.29, 0.717) is 4.96 Å². The van der Waals surface area contributed by atoms with Crippen molar-refractivity contribution in [3.63, 3.8) is 0 Å². The fraction of sp³-hybridized carbons (Fsp3) is 0. The minimum atomic E-state index is -0.996. The molecule has 19 heavy (non-hydrogen) atoms. The van der Waals surface area contributed by atoms with Crippen molar-refractivity contribution >= 4 is 43.3 Å². The summed E-state index contributed by atoms with van der Waals surface area (Å²) in [6.45, 7) is 0. The molecule has 2 aromatic carbocycles. The molecule has 1 N–H and O–H groups in total. The average molecular weight is 268 g/mol. The smallest absolute Gasteiger partial charge is 0.356 e. The van der Waals surface area contributed by atoms with E-state index in [1.54, 1.807) is 6.20 Å². The number of carbonyl (C=O) groups is 1. The zero-order chi connectivity index (χ0) is 13.0. The van der Waals surface area contributed by atoms with E-state index in [1.807, 2.05) is 28.7 Å². The predicted molar refractivity (Wildman–Crippen MR) is 75.0 cm³/mol. The Labute approximate surface area is 111 Å². The Balaban J connectivity index is 2.17. The van der Waals surface area contributed by atoms with Crippen LogP contribution < -0.4 is 0 Å². The third-order valence-electron chi connectivity index (χ3n) is 3.20. The highest BCUT2D eigenvalue weighted by Crippen LogP contribution is 2.32. The lowest BCUT2D eigenvalue weighted by Crippen LogP contribution is -1.95. The van der Waals surface area contributed by atoms with Crippen LogP contribution in [-0.2, 0) is 0 Å². The fourth-order valence-corrected chi connectivity index (χ4v) is 3.47. The molecule has 0 aliphatic carbocycles. The Morgan fingerprint density at radius 2 is 2.05 bits per heavy atom.